The second-order valence-electron chi connectivity index (χ2n) is 7.15. The summed E-state index contributed by atoms with van der Waals surface area (Å²) in [4.78, 5) is 12.2. The summed E-state index contributed by atoms with van der Waals surface area (Å²) in [5.41, 5.74) is 4.41. The molecule has 4 aromatic rings. The number of aromatic nitrogens is 4. The molecule has 0 saturated heterocycles. The van der Waals surface area contributed by atoms with Gasteiger partial charge in [0.05, 0.1) is 28.6 Å². The van der Waals surface area contributed by atoms with E-state index in [2.05, 4.69) is 21.0 Å². The van der Waals surface area contributed by atoms with E-state index in [4.69, 9.17) is 0 Å². The average Bonchev–Trinajstić information content (AvgIpc) is 3.38. The van der Waals surface area contributed by atoms with Crippen molar-refractivity contribution in [2.45, 2.75) is 31.0 Å². The van der Waals surface area contributed by atoms with Crippen molar-refractivity contribution in [1.29, 1.82) is 5.26 Å². The number of aryl methyl sites for hydroxylation is 1. The molecule has 4 aromatic heterocycles. The summed E-state index contributed by atoms with van der Waals surface area (Å²) in [6.07, 6.45) is -0.545. The molecular weight excluding hydrogens is 477 g/mol. The molecule has 0 aliphatic rings. The van der Waals surface area contributed by atoms with Crippen LogP contribution in [0, 0.1) is 18.3 Å². The summed E-state index contributed by atoms with van der Waals surface area (Å²) in [7, 11) is -4.47. The van der Waals surface area contributed by atoms with Gasteiger partial charge in [0, 0.05) is 12.4 Å². The lowest BCUT2D eigenvalue weighted by molar-refractivity contribution is -0.147. The zero-order chi connectivity index (χ0) is 24.0. The van der Waals surface area contributed by atoms with Crippen LogP contribution in [0.3, 0.4) is 0 Å². The van der Waals surface area contributed by atoms with Gasteiger partial charge in [0.2, 0.25) is 10.0 Å². The predicted octanol–water partition coefficient (Wildman–Crippen LogP) is 3.95. The molecule has 33 heavy (non-hydrogen) atoms. The molecule has 4 heterocycles. The van der Waals surface area contributed by atoms with Crippen LogP contribution in [0.2, 0.25) is 0 Å². The van der Waals surface area contributed by atoms with Gasteiger partial charge < -0.3 is 0 Å². The van der Waals surface area contributed by atoms with Crippen molar-refractivity contribution in [2.75, 3.05) is 0 Å². The normalized spacial score (nSPS) is 13.2. The summed E-state index contributed by atoms with van der Waals surface area (Å²) >= 11 is 1.32. The smallest absolute Gasteiger partial charge is 0.295 e. The Morgan fingerprint density at radius 3 is 2.55 bits per heavy atom. The number of pyridine rings is 2. The van der Waals surface area contributed by atoms with Gasteiger partial charge in [-0.2, -0.15) is 23.2 Å². The molecule has 0 fully saturated rings. The number of hydrogen-bond donors (Lipinski definition) is 1. The standard InChI is InChI=1S/C20H15F3N6O2S2/c1-11-5-16-18(27-7-11)14(6-24)19(29(16)17-9-25-10-32-17)15-4-3-13(8-26-15)33(30,31)28-12(2)20(21,22)23/h3-5,7-10,12,28H,1-2H3. The van der Waals surface area contributed by atoms with E-state index in [0.29, 0.717) is 28.7 Å². The molecule has 0 amide bonds. The van der Waals surface area contributed by atoms with Gasteiger partial charge in [-0.05, 0) is 37.6 Å². The summed E-state index contributed by atoms with van der Waals surface area (Å²) in [6, 6.07) is 4.20. The van der Waals surface area contributed by atoms with E-state index in [1.807, 2.05) is 13.0 Å². The van der Waals surface area contributed by atoms with E-state index in [-0.39, 0.29) is 11.3 Å². The second-order valence-corrected chi connectivity index (χ2v) is 9.73. The van der Waals surface area contributed by atoms with Crippen molar-refractivity contribution in [3.05, 3.63) is 53.4 Å². The molecule has 0 radical (unpaired) electrons. The molecular formula is C20H15F3N6O2S2. The van der Waals surface area contributed by atoms with Gasteiger partial charge in [0.15, 0.2) is 0 Å². The minimum absolute atomic E-state index is 0.227. The largest absolute Gasteiger partial charge is 0.404 e. The molecule has 0 bridgehead atoms. The fraction of sp³-hybridized carbons (Fsp3) is 0.200. The molecule has 170 valence electrons. The summed E-state index contributed by atoms with van der Waals surface area (Å²) < 4.78 is 66.4. The highest BCUT2D eigenvalue weighted by atomic mass is 32.2. The van der Waals surface area contributed by atoms with Crippen molar-refractivity contribution < 1.29 is 21.6 Å². The highest BCUT2D eigenvalue weighted by Gasteiger charge is 2.39. The van der Waals surface area contributed by atoms with Crippen LogP contribution in [0.25, 0.3) is 27.4 Å². The maximum absolute atomic E-state index is 12.8. The maximum atomic E-state index is 12.8. The van der Waals surface area contributed by atoms with Gasteiger partial charge in [0.1, 0.15) is 33.1 Å². The number of thiazole rings is 1. The van der Waals surface area contributed by atoms with Crippen LogP contribution in [0.5, 0.6) is 0 Å². The van der Waals surface area contributed by atoms with E-state index in [1.165, 1.54) is 17.4 Å². The van der Waals surface area contributed by atoms with E-state index in [1.54, 1.807) is 27.2 Å². The predicted molar refractivity (Wildman–Crippen MR) is 115 cm³/mol. The molecule has 1 N–H and O–H groups in total. The number of fused-ring (bicyclic) bond motifs is 1. The molecule has 0 spiro atoms. The maximum Gasteiger partial charge on any atom is 0.404 e. The Labute approximate surface area is 190 Å². The third-order valence-corrected chi connectivity index (χ3v) is 7.09. The Bertz CT molecular complexity index is 1470. The zero-order valence-electron chi connectivity index (χ0n) is 17.1. The fourth-order valence-corrected chi connectivity index (χ4v) is 5.03. The van der Waals surface area contributed by atoms with Crippen LogP contribution in [-0.2, 0) is 10.0 Å². The molecule has 0 saturated carbocycles. The molecule has 8 nitrogen and oxygen atoms in total. The molecule has 4 rings (SSSR count). The van der Waals surface area contributed by atoms with E-state index < -0.39 is 27.1 Å². The number of nitrogens with one attached hydrogen (secondary N) is 1. The summed E-state index contributed by atoms with van der Waals surface area (Å²) in [5.74, 6) is 0. The summed E-state index contributed by atoms with van der Waals surface area (Å²) in [5, 5.41) is 10.5. The van der Waals surface area contributed by atoms with Crippen LogP contribution in [0.15, 0.2) is 47.2 Å². The molecule has 0 aliphatic heterocycles. The van der Waals surface area contributed by atoms with Gasteiger partial charge >= 0.3 is 6.18 Å². The topological polar surface area (TPSA) is 114 Å². The third-order valence-electron chi connectivity index (χ3n) is 4.81. The van der Waals surface area contributed by atoms with Crippen LogP contribution in [0.1, 0.15) is 18.1 Å². The molecule has 0 aromatic carbocycles. The van der Waals surface area contributed by atoms with Gasteiger partial charge in [-0.25, -0.2) is 8.42 Å². The van der Waals surface area contributed by atoms with Crippen molar-refractivity contribution in [2.24, 2.45) is 0 Å². The number of hydrogen-bond acceptors (Lipinski definition) is 7. The number of nitriles is 1. The Balaban J connectivity index is 1.85. The first-order valence-corrected chi connectivity index (χ1v) is 11.7. The first-order chi connectivity index (χ1) is 15.5. The third kappa shape index (κ3) is 4.20. The lowest BCUT2D eigenvalue weighted by Gasteiger charge is -2.17. The van der Waals surface area contributed by atoms with Crippen LogP contribution in [0.4, 0.5) is 13.2 Å². The van der Waals surface area contributed by atoms with Gasteiger partial charge in [-0.3, -0.25) is 19.5 Å². The van der Waals surface area contributed by atoms with Crippen LogP contribution in [-0.4, -0.2) is 40.2 Å². The minimum atomic E-state index is -4.73. The van der Waals surface area contributed by atoms with Crippen LogP contribution >= 0.6 is 11.3 Å². The molecule has 1 atom stereocenters. The lowest BCUT2D eigenvalue weighted by atomic mass is 10.1. The quantitative estimate of drug-likeness (QED) is 0.451. The van der Waals surface area contributed by atoms with E-state index >= 15 is 0 Å². The van der Waals surface area contributed by atoms with Crippen molar-refractivity contribution in [3.8, 4) is 22.5 Å². The molecule has 13 heteroatoms. The number of sulfonamides is 1. The number of halogens is 3. The van der Waals surface area contributed by atoms with Crippen molar-refractivity contribution in [3.63, 3.8) is 0 Å². The average molecular weight is 493 g/mol. The van der Waals surface area contributed by atoms with E-state index in [9.17, 15) is 26.9 Å². The number of nitrogens with zero attached hydrogens (tertiary/aromatic N) is 5. The summed E-state index contributed by atoms with van der Waals surface area (Å²) in [6.45, 7) is 2.57. The number of rotatable bonds is 5. The van der Waals surface area contributed by atoms with Gasteiger partial charge in [-0.15, -0.1) is 11.3 Å². The van der Waals surface area contributed by atoms with Gasteiger partial charge in [0.25, 0.3) is 0 Å². The lowest BCUT2D eigenvalue weighted by Crippen LogP contribution is -2.42. The zero-order valence-corrected chi connectivity index (χ0v) is 18.8. The highest BCUT2D eigenvalue weighted by Crippen LogP contribution is 2.36. The monoisotopic (exact) mass is 492 g/mol. The SMILES string of the molecule is Cc1cnc2c(C#N)c(-c3ccc(S(=O)(=O)NC(C)C(F)(F)F)cn3)n(-c3cncs3)c2c1. The molecule has 1 unspecified atom stereocenters. The molecule has 0 aliphatic carbocycles. The first-order valence-electron chi connectivity index (χ1n) is 9.38. The Morgan fingerprint density at radius 1 is 1.21 bits per heavy atom. The van der Waals surface area contributed by atoms with E-state index in [0.717, 1.165) is 17.8 Å². The Kier molecular flexibility index (Phi) is 5.69. The van der Waals surface area contributed by atoms with Crippen molar-refractivity contribution >= 4 is 32.4 Å². The fourth-order valence-electron chi connectivity index (χ4n) is 3.21. The van der Waals surface area contributed by atoms with Crippen molar-refractivity contribution in [1.82, 2.24) is 24.2 Å². The Morgan fingerprint density at radius 2 is 1.97 bits per heavy atom. The van der Waals surface area contributed by atoms with Crippen LogP contribution < -0.4 is 4.72 Å². The van der Waals surface area contributed by atoms with Gasteiger partial charge in [-0.1, -0.05) is 0 Å². The number of alkyl halides is 3. The minimum Gasteiger partial charge on any atom is -0.295 e. The highest BCUT2D eigenvalue weighted by molar-refractivity contribution is 7.89. The first kappa shape index (κ1) is 22.8. The second kappa shape index (κ2) is 8.22. The Hall–Kier alpha value is -3.34.